The number of aryl methyl sites for hydroxylation is 2. The molecule has 2 N–H and O–H groups in total. The standard InChI is InChI=1S/C12H16O4/c1-7-4-5-9(6-8(7)2)10(13)11(14)12(15)16-3/h4-6,10-11,13-14H,1-3H3. The van der Waals surface area contributed by atoms with Crippen molar-refractivity contribution in [3.05, 3.63) is 34.9 Å². The van der Waals surface area contributed by atoms with Gasteiger partial charge in [-0.1, -0.05) is 18.2 Å². The summed E-state index contributed by atoms with van der Waals surface area (Å²) >= 11 is 0. The molecule has 0 aromatic heterocycles. The van der Waals surface area contributed by atoms with Gasteiger partial charge in [0.1, 0.15) is 6.10 Å². The fourth-order valence-corrected chi connectivity index (χ4v) is 1.38. The Bertz CT molecular complexity index is 387. The van der Waals surface area contributed by atoms with E-state index in [1.54, 1.807) is 12.1 Å². The zero-order valence-corrected chi connectivity index (χ0v) is 9.60. The number of hydrogen-bond acceptors (Lipinski definition) is 4. The van der Waals surface area contributed by atoms with Crippen LogP contribution in [0.3, 0.4) is 0 Å². The predicted octanol–water partition coefficient (Wildman–Crippen LogP) is 0.871. The smallest absolute Gasteiger partial charge is 0.337 e. The van der Waals surface area contributed by atoms with Gasteiger partial charge < -0.3 is 14.9 Å². The number of ether oxygens (including phenoxy) is 1. The third-order valence-electron chi connectivity index (χ3n) is 2.61. The summed E-state index contributed by atoms with van der Waals surface area (Å²) in [5.74, 6) is -0.842. The molecule has 0 spiro atoms. The van der Waals surface area contributed by atoms with E-state index in [4.69, 9.17) is 0 Å². The highest BCUT2D eigenvalue weighted by atomic mass is 16.5. The molecule has 0 saturated heterocycles. The van der Waals surface area contributed by atoms with Gasteiger partial charge in [0.2, 0.25) is 0 Å². The van der Waals surface area contributed by atoms with Crippen molar-refractivity contribution in [3.8, 4) is 0 Å². The van der Waals surface area contributed by atoms with Crippen LogP contribution in [0.1, 0.15) is 22.8 Å². The molecule has 0 saturated carbocycles. The average molecular weight is 224 g/mol. The van der Waals surface area contributed by atoms with Gasteiger partial charge in [-0.2, -0.15) is 0 Å². The lowest BCUT2D eigenvalue weighted by molar-refractivity contribution is -0.156. The Morgan fingerprint density at radius 3 is 2.38 bits per heavy atom. The SMILES string of the molecule is COC(=O)C(O)C(O)c1ccc(C)c(C)c1. The summed E-state index contributed by atoms with van der Waals surface area (Å²) in [5, 5.41) is 19.2. The molecule has 4 heteroatoms. The molecule has 0 aliphatic rings. The maximum atomic E-state index is 11.0. The third-order valence-corrected chi connectivity index (χ3v) is 2.61. The van der Waals surface area contributed by atoms with Crippen molar-refractivity contribution in [1.29, 1.82) is 0 Å². The first kappa shape index (κ1) is 12.7. The molecular weight excluding hydrogens is 208 g/mol. The van der Waals surface area contributed by atoms with E-state index < -0.39 is 18.2 Å². The maximum absolute atomic E-state index is 11.0. The molecule has 0 bridgehead atoms. The highest BCUT2D eigenvalue weighted by Gasteiger charge is 2.26. The van der Waals surface area contributed by atoms with E-state index >= 15 is 0 Å². The van der Waals surface area contributed by atoms with Crippen LogP contribution in [-0.2, 0) is 9.53 Å². The van der Waals surface area contributed by atoms with Crippen LogP contribution < -0.4 is 0 Å². The molecule has 0 amide bonds. The van der Waals surface area contributed by atoms with Crippen LogP contribution in [0.2, 0.25) is 0 Å². The summed E-state index contributed by atoms with van der Waals surface area (Å²) in [6, 6.07) is 5.25. The molecule has 2 unspecified atom stereocenters. The molecule has 0 radical (unpaired) electrons. The second kappa shape index (κ2) is 5.09. The van der Waals surface area contributed by atoms with Gasteiger partial charge in [0, 0.05) is 0 Å². The number of methoxy groups -OCH3 is 1. The Balaban J connectivity index is 2.91. The molecule has 0 aliphatic carbocycles. The predicted molar refractivity (Wildman–Crippen MR) is 58.9 cm³/mol. The van der Waals surface area contributed by atoms with Crippen LogP contribution in [0, 0.1) is 13.8 Å². The molecule has 0 aliphatic heterocycles. The Labute approximate surface area is 94.5 Å². The summed E-state index contributed by atoms with van der Waals surface area (Å²) < 4.78 is 4.36. The van der Waals surface area contributed by atoms with Gasteiger partial charge in [-0.15, -0.1) is 0 Å². The molecule has 1 rings (SSSR count). The third kappa shape index (κ3) is 2.59. The van der Waals surface area contributed by atoms with E-state index in [1.165, 1.54) is 7.11 Å². The summed E-state index contributed by atoms with van der Waals surface area (Å²) in [5.41, 5.74) is 2.58. The molecule has 4 nitrogen and oxygen atoms in total. The number of aliphatic hydroxyl groups excluding tert-OH is 2. The van der Waals surface area contributed by atoms with E-state index in [2.05, 4.69) is 4.74 Å². The fraction of sp³-hybridized carbons (Fsp3) is 0.417. The number of rotatable bonds is 3. The minimum atomic E-state index is -1.55. The van der Waals surface area contributed by atoms with E-state index in [1.807, 2.05) is 19.9 Å². The molecule has 16 heavy (non-hydrogen) atoms. The zero-order valence-electron chi connectivity index (χ0n) is 9.60. The molecule has 2 atom stereocenters. The largest absolute Gasteiger partial charge is 0.467 e. The number of hydrogen-bond donors (Lipinski definition) is 2. The van der Waals surface area contributed by atoms with Crippen molar-refractivity contribution in [2.24, 2.45) is 0 Å². The lowest BCUT2D eigenvalue weighted by Crippen LogP contribution is -2.29. The summed E-state index contributed by atoms with van der Waals surface area (Å²) in [6.45, 7) is 3.85. The first-order chi connectivity index (χ1) is 7.47. The second-order valence-electron chi connectivity index (χ2n) is 3.76. The van der Waals surface area contributed by atoms with Crippen LogP contribution in [0.4, 0.5) is 0 Å². The maximum Gasteiger partial charge on any atom is 0.337 e. The van der Waals surface area contributed by atoms with Crippen LogP contribution in [-0.4, -0.2) is 29.4 Å². The van der Waals surface area contributed by atoms with E-state index in [-0.39, 0.29) is 0 Å². The first-order valence-corrected chi connectivity index (χ1v) is 4.98. The first-order valence-electron chi connectivity index (χ1n) is 4.98. The van der Waals surface area contributed by atoms with E-state index in [0.717, 1.165) is 11.1 Å². The average Bonchev–Trinajstić information content (AvgIpc) is 2.29. The summed E-state index contributed by atoms with van der Waals surface area (Å²) in [6.07, 6.45) is -2.81. The van der Waals surface area contributed by atoms with Crippen molar-refractivity contribution in [1.82, 2.24) is 0 Å². The van der Waals surface area contributed by atoms with Gasteiger partial charge in [0.25, 0.3) is 0 Å². The number of esters is 1. The number of aliphatic hydroxyl groups is 2. The molecular formula is C12H16O4. The van der Waals surface area contributed by atoms with E-state index in [0.29, 0.717) is 5.56 Å². The van der Waals surface area contributed by atoms with Gasteiger partial charge in [0.15, 0.2) is 6.10 Å². The Kier molecular flexibility index (Phi) is 4.04. The van der Waals surface area contributed by atoms with Gasteiger partial charge in [-0.3, -0.25) is 0 Å². The Hall–Kier alpha value is -1.39. The number of benzene rings is 1. The Morgan fingerprint density at radius 2 is 1.88 bits per heavy atom. The molecule has 1 aromatic carbocycles. The quantitative estimate of drug-likeness (QED) is 0.748. The highest BCUT2D eigenvalue weighted by Crippen LogP contribution is 2.20. The van der Waals surface area contributed by atoms with Crippen molar-refractivity contribution in [2.75, 3.05) is 7.11 Å². The van der Waals surface area contributed by atoms with Gasteiger partial charge in [-0.05, 0) is 30.5 Å². The molecule has 0 heterocycles. The minimum absolute atomic E-state index is 0.501. The van der Waals surface area contributed by atoms with Crippen LogP contribution >= 0.6 is 0 Å². The monoisotopic (exact) mass is 224 g/mol. The normalized spacial score (nSPS) is 14.3. The van der Waals surface area contributed by atoms with Gasteiger partial charge in [-0.25, -0.2) is 4.79 Å². The summed E-state index contributed by atoms with van der Waals surface area (Å²) in [4.78, 5) is 11.0. The highest BCUT2D eigenvalue weighted by molar-refractivity contribution is 5.75. The van der Waals surface area contributed by atoms with E-state index in [9.17, 15) is 15.0 Å². The molecule has 1 aromatic rings. The molecule has 0 fully saturated rings. The van der Waals surface area contributed by atoms with Crippen LogP contribution in [0.5, 0.6) is 0 Å². The minimum Gasteiger partial charge on any atom is -0.467 e. The second-order valence-corrected chi connectivity index (χ2v) is 3.76. The molecule has 88 valence electrons. The number of carbonyl (C=O) groups is 1. The van der Waals surface area contributed by atoms with Crippen molar-refractivity contribution in [3.63, 3.8) is 0 Å². The summed E-state index contributed by atoms with van der Waals surface area (Å²) in [7, 11) is 1.17. The fourth-order valence-electron chi connectivity index (χ4n) is 1.38. The van der Waals surface area contributed by atoms with Crippen molar-refractivity contribution < 1.29 is 19.7 Å². The van der Waals surface area contributed by atoms with Gasteiger partial charge >= 0.3 is 5.97 Å². The zero-order chi connectivity index (χ0) is 12.3. The van der Waals surface area contributed by atoms with Crippen LogP contribution in [0.15, 0.2) is 18.2 Å². The van der Waals surface area contributed by atoms with Crippen molar-refractivity contribution >= 4 is 5.97 Å². The topological polar surface area (TPSA) is 66.8 Å². The van der Waals surface area contributed by atoms with Gasteiger partial charge in [0.05, 0.1) is 7.11 Å². The Morgan fingerprint density at radius 1 is 1.25 bits per heavy atom. The van der Waals surface area contributed by atoms with Crippen LogP contribution in [0.25, 0.3) is 0 Å². The van der Waals surface area contributed by atoms with Crippen molar-refractivity contribution in [2.45, 2.75) is 26.1 Å². The lowest BCUT2D eigenvalue weighted by Gasteiger charge is -2.16. The lowest BCUT2D eigenvalue weighted by atomic mass is 10.00. The number of carbonyl (C=O) groups excluding carboxylic acids is 1.